The molecule has 1 unspecified atom stereocenters. The van der Waals surface area contributed by atoms with Crippen LogP contribution in [0.4, 0.5) is 0 Å². The van der Waals surface area contributed by atoms with E-state index < -0.39 is 17.2 Å². The first-order valence-electron chi connectivity index (χ1n) is 11.9. The van der Waals surface area contributed by atoms with Gasteiger partial charge in [-0.25, -0.2) is 18.6 Å². The second-order valence-electron chi connectivity index (χ2n) is 8.46. The lowest BCUT2D eigenvalue weighted by Crippen LogP contribution is -2.45. The highest BCUT2D eigenvalue weighted by molar-refractivity contribution is 7.77. The van der Waals surface area contributed by atoms with Gasteiger partial charge in [0.15, 0.2) is 5.69 Å². The SMILES string of the molecule is CCCC#Cc1ccc(-c2c(CNS(=O)O)c(C(=O)NN3CCCCC3)nn2-c2ccc(Cl)cc2Cl)s1. The second kappa shape index (κ2) is 13.0. The number of hydrazine groups is 1. The molecule has 2 aromatic heterocycles. The van der Waals surface area contributed by atoms with Crippen molar-refractivity contribution in [2.24, 2.45) is 0 Å². The quantitative estimate of drug-likeness (QED) is 0.244. The zero-order valence-electron chi connectivity index (χ0n) is 20.2. The molecule has 0 saturated carbocycles. The number of benzene rings is 1. The van der Waals surface area contributed by atoms with Gasteiger partial charge in [0.25, 0.3) is 5.91 Å². The number of piperidine rings is 1. The first kappa shape index (κ1) is 27.8. The van der Waals surface area contributed by atoms with Gasteiger partial charge < -0.3 is 0 Å². The molecule has 196 valence electrons. The summed E-state index contributed by atoms with van der Waals surface area (Å²) in [4.78, 5) is 15.1. The monoisotopic (exact) mass is 579 g/mol. The summed E-state index contributed by atoms with van der Waals surface area (Å²) in [6.07, 6.45) is 4.88. The highest BCUT2D eigenvalue weighted by Crippen LogP contribution is 2.36. The van der Waals surface area contributed by atoms with Crippen molar-refractivity contribution >= 4 is 51.7 Å². The summed E-state index contributed by atoms with van der Waals surface area (Å²) in [5.41, 5.74) is 4.66. The summed E-state index contributed by atoms with van der Waals surface area (Å²) in [6, 6.07) is 8.85. The molecule has 1 aromatic carbocycles. The van der Waals surface area contributed by atoms with Crippen molar-refractivity contribution in [2.75, 3.05) is 13.1 Å². The van der Waals surface area contributed by atoms with Crippen LogP contribution < -0.4 is 10.1 Å². The van der Waals surface area contributed by atoms with Gasteiger partial charge in [0.1, 0.15) is 0 Å². The van der Waals surface area contributed by atoms with Gasteiger partial charge in [0, 0.05) is 36.6 Å². The van der Waals surface area contributed by atoms with E-state index in [4.69, 9.17) is 23.2 Å². The number of halogens is 2. The minimum atomic E-state index is -2.29. The van der Waals surface area contributed by atoms with Crippen LogP contribution in [0.5, 0.6) is 0 Å². The Hall–Kier alpha value is -2.23. The van der Waals surface area contributed by atoms with Gasteiger partial charge >= 0.3 is 0 Å². The Morgan fingerprint density at radius 1 is 1.22 bits per heavy atom. The largest absolute Gasteiger partial charge is 0.294 e. The van der Waals surface area contributed by atoms with Crippen LogP contribution >= 0.6 is 34.5 Å². The molecule has 1 saturated heterocycles. The first-order valence-corrected chi connectivity index (χ1v) is 14.6. The molecule has 3 heterocycles. The lowest BCUT2D eigenvalue weighted by atomic mass is 10.1. The fourth-order valence-electron chi connectivity index (χ4n) is 4.02. The molecule has 1 aliphatic heterocycles. The summed E-state index contributed by atoms with van der Waals surface area (Å²) in [7, 11) is 0. The van der Waals surface area contributed by atoms with Gasteiger partial charge in [-0.3, -0.25) is 14.8 Å². The van der Waals surface area contributed by atoms with Crippen LogP contribution in [0.1, 0.15) is 60.0 Å². The highest BCUT2D eigenvalue weighted by atomic mass is 35.5. The molecule has 12 heteroatoms. The number of carbonyl (C=O) groups is 1. The van der Waals surface area contributed by atoms with Crippen molar-refractivity contribution < 1.29 is 13.6 Å². The summed E-state index contributed by atoms with van der Waals surface area (Å²) in [5, 5.41) is 7.37. The van der Waals surface area contributed by atoms with Crippen LogP contribution in [0.2, 0.25) is 10.0 Å². The molecular formula is C25H27Cl2N5O3S2. The molecule has 0 spiro atoms. The Kier molecular flexibility index (Phi) is 9.78. The average molecular weight is 581 g/mol. The zero-order valence-corrected chi connectivity index (χ0v) is 23.4. The fourth-order valence-corrected chi connectivity index (χ4v) is 5.72. The topological polar surface area (TPSA) is 99.5 Å². The standard InChI is InChI=1S/C25H27Cl2N5O3S2/c1-2-3-5-8-18-10-12-22(36-18)24-19(16-28-37(34)35)23(25(33)30-31-13-6-4-7-14-31)29-32(24)21-11-9-17(26)15-20(21)27/h9-12,15,28H,2-4,6-7,13-14,16H2,1H3,(H,30,33)(H,34,35). The number of rotatable bonds is 8. The van der Waals surface area contributed by atoms with Crippen molar-refractivity contribution in [3.63, 3.8) is 0 Å². The second-order valence-corrected chi connectivity index (χ2v) is 11.2. The normalized spacial score (nSPS) is 14.7. The third-order valence-corrected chi connectivity index (χ3v) is 7.69. The van der Waals surface area contributed by atoms with E-state index in [1.807, 2.05) is 17.1 Å². The molecule has 4 rings (SSSR count). The molecule has 3 aromatic rings. The van der Waals surface area contributed by atoms with Crippen molar-refractivity contribution in [3.05, 3.63) is 56.5 Å². The lowest BCUT2D eigenvalue weighted by Gasteiger charge is -2.26. The van der Waals surface area contributed by atoms with Crippen LogP contribution in [0.25, 0.3) is 16.3 Å². The van der Waals surface area contributed by atoms with Crippen LogP contribution in [-0.4, -0.2) is 42.5 Å². The number of thiophene rings is 1. The summed E-state index contributed by atoms with van der Waals surface area (Å²) in [5.74, 6) is 5.92. The predicted molar refractivity (Wildman–Crippen MR) is 149 cm³/mol. The third-order valence-electron chi connectivity index (χ3n) is 5.75. The van der Waals surface area contributed by atoms with Crippen LogP contribution in [0.15, 0.2) is 30.3 Å². The Balaban J connectivity index is 1.86. The molecular weight excluding hydrogens is 553 g/mol. The Labute approximate surface area is 232 Å². The van der Waals surface area contributed by atoms with Gasteiger partial charge in [0.2, 0.25) is 11.3 Å². The van der Waals surface area contributed by atoms with Crippen LogP contribution in [0.3, 0.4) is 0 Å². The van der Waals surface area contributed by atoms with E-state index in [0.717, 1.165) is 54.9 Å². The fraction of sp³-hybridized carbons (Fsp3) is 0.360. The van der Waals surface area contributed by atoms with Gasteiger partial charge in [-0.05, 0) is 49.6 Å². The minimum Gasteiger partial charge on any atom is -0.294 e. The molecule has 1 aliphatic rings. The molecule has 0 aliphatic carbocycles. The summed E-state index contributed by atoms with van der Waals surface area (Å²) < 4.78 is 25.1. The zero-order chi connectivity index (χ0) is 26.4. The van der Waals surface area contributed by atoms with E-state index >= 15 is 0 Å². The molecule has 0 radical (unpaired) electrons. The van der Waals surface area contributed by atoms with E-state index in [9.17, 15) is 13.6 Å². The van der Waals surface area contributed by atoms with Crippen molar-refractivity contribution in [1.29, 1.82) is 0 Å². The van der Waals surface area contributed by atoms with E-state index in [-0.39, 0.29) is 12.2 Å². The number of carbonyl (C=O) groups excluding carboxylic acids is 1. The Bertz CT molecular complexity index is 1360. The molecule has 37 heavy (non-hydrogen) atoms. The molecule has 3 N–H and O–H groups in total. The van der Waals surface area contributed by atoms with Crippen molar-refractivity contribution in [1.82, 2.24) is 24.9 Å². The van der Waals surface area contributed by atoms with Gasteiger partial charge in [-0.2, -0.15) is 5.10 Å². The number of amides is 1. The maximum absolute atomic E-state index is 13.5. The predicted octanol–water partition coefficient (Wildman–Crippen LogP) is 5.42. The average Bonchev–Trinajstić information content (AvgIpc) is 3.48. The summed E-state index contributed by atoms with van der Waals surface area (Å²) >= 11 is 11.9. The third kappa shape index (κ3) is 7.00. The van der Waals surface area contributed by atoms with E-state index in [1.165, 1.54) is 11.3 Å². The van der Waals surface area contributed by atoms with Crippen LogP contribution in [-0.2, 0) is 17.8 Å². The lowest BCUT2D eigenvalue weighted by molar-refractivity contribution is 0.0743. The van der Waals surface area contributed by atoms with E-state index in [0.29, 0.717) is 27.0 Å². The number of unbranched alkanes of at least 4 members (excludes halogenated alkanes) is 1. The number of nitrogens with one attached hydrogen (secondary N) is 2. The number of hydrogen-bond acceptors (Lipinski definition) is 5. The van der Waals surface area contributed by atoms with Gasteiger partial charge in [-0.15, -0.1) is 11.3 Å². The first-order chi connectivity index (χ1) is 17.9. The maximum Gasteiger partial charge on any atom is 0.286 e. The molecule has 1 amide bonds. The van der Waals surface area contributed by atoms with Gasteiger partial charge in [-0.1, -0.05) is 48.4 Å². The molecule has 8 nitrogen and oxygen atoms in total. The smallest absolute Gasteiger partial charge is 0.286 e. The number of aromatic nitrogens is 2. The summed E-state index contributed by atoms with van der Waals surface area (Å²) in [6.45, 7) is 3.51. The Morgan fingerprint density at radius 2 is 2.00 bits per heavy atom. The van der Waals surface area contributed by atoms with E-state index in [2.05, 4.69) is 34.0 Å². The minimum absolute atomic E-state index is 0.0683. The van der Waals surface area contributed by atoms with Gasteiger partial charge in [0.05, 0.1) is 26.2 Å². The highest BCUT2D eigenvalue weighted by Gasteiger charge is 2.28. The Morgan fingerprint density at radius 3 is 2.70 bits per heavy atom. The maximum atomic E-state index is 13.5. The van der Waals surface area contributed by atoms with Crippen molar-refractivity contribution in [3.8, 4) is 28.1 Å². The molecule has 1 atom stereocenters. The number of hydrogen-bond donors (Lipinski definition) is 3. The van der Waals surface area contributed by atoms with E-state index in [1.54, 1.807) is 22.9 Å². The van der Waals surface area contributed by atoms with Crippen LogP contribution in [0, 0.1) is 11.8 Å². The number of nitrogens with zero attached hydrogens (tertiary/aromatic N) is 3. The molecule has 1 fully saturated rings. The molecule has 0 bridgehead atoms. The van der Waals surface area contributed by atoms with Crippen molar-refractivity contribution in [2.45, 2.75) is 45.6 Å².